The molecule has 0 saturated carbocycles. The Morgan fingerprint density at radius 1 is 1.53 bits per heavy atom. The average molecular weight is 280 g/mol. The number of sulfone groups is 1. The van der Waals surface area contributed by atoms with Gasteiger partial charge in [-0.1, -0.05) is 11.6 Å². The van der Waals surface area contributed by atoms with Gasteiger partial charge in [0.25, 0.3) is 0 Å². The van der Waals surface area contributed by atoms with Gasteiger partial charge in [-0.15, -0.1) is 0 Å². The number of carboxylic acids is 1. The van der Waals surface area contributed by atoms with Crippen LogP contribution in [0.2, 0.25) is 5.02 Å². The molecule has 0 radical (unpaired) electrons. The van der Waals surface area contributed by atoms with Gasteiger partial charge in [-0.3, -0.25) is 0 Å². The maximum absolute atomic E-state index is 11.5. The van der Waals surface area contributed by atoms with Crippen LogP contribution in [0.1, 0.15) is 10.4 Å². The van der Waals surface area contributed by atoms with E-state index < -0.39 is 15.8 Å². The second-order valence-corrected chi connectivity index (χ2v) is 5.59. The van der Waals surface area contributed by atoms with Gasteiger partial charge in [0.15, 0.2) is 9.84 Å². The molecule has 0 bridgehead atoms. The van der Waals surface area contributed by atoms with Crippen molar-refractivity contribution in [3.05, 3.63) is 16.7 Å². The number of carboxylic acid groups (broad SMARTS) is 1. The summed E-state index contributed by atoms with van der Waals surface area (Å²) < 4.78 is 27.8. The predicted molar refractivity (Wildman–Crippen MR) is 62.5 cm³/mol. The molecule has 0 aliphatic rings. The van der Waals surface area contributed by atoms with Crippen LogP contribution in [0.5, 0.6) is 5.75 Å². The lowest BCUT2D eigenvalue weighted by molar-refractivity contribution is 0.0696. The van der Waals surface area contributed by atoms with Crippen LogP contribution in [0.15, 0.2) is 11.0 Å². The molecule has 3 N–H and O–H groups in total. The van der Waals surface area contributed by atoms with E-state index in [4.69, 9.17) is 27.2 Å². The fourth-order valence-electron chi connectivity index (χ4n) is 1.33. The first-order chi connectivity index (χ1) is 7.70. The van der Waals surface area contributed by atoms with Gasteiger partial charge in [0, 0.05) is 6.26 Å². The van der Waals surface area contributed by atoms with Gasteiger partial charge in [0.2, 0.25) is 0 Å². The largest absolute Gasteiger partial charge is 0.495 e. The molecule has 0 amide bonds. The van der Waals surface area contributed by atoms with E-state index >= 15 is 0 Å². The number of rotatable bonds is 3. The highest BCUT2D eigenvalue weighted by atomic mass is 35.5. The Morgan fingerprint density at radius 2 is 2.06 bits per heavy atom. The molecule has 0 unspecified atom stereocenters. The zero-order chi connectivity index (χ0) is 13.4. The van der Waals surface area contributed by atoms with Crippen LogP contribution in [0.25, 0.3) is 0 Å². The van der Waals surface area contributed by atoms with E-state index in [2.05, 4.69) is 0 Å². The SMILES string of the molecule is COc1cc(C(=O)O)c(Cl)c(N)c1S(C)(=O)=O. The number of methoxy groups -OCH3 is 1. The number of hydrogen-bond acceptors (Lipinski definition) is 5. The molecule has 1 rings (SSSR count). The van der Waals surface area contributed by atoms with Crippen molar-refractivity contribution in [1.82, 2.24) is 0 Å². The monoisotopic (exact) mass is 279 g/mol. The number of nitrogen functional groups attached to an aromatic ring is 1. The molecule has 0 fully saturated rings. The zero-order valence-corrected chi connectivity index (χ0v) is 10.6. The molecule has 0 spiro atoms. The minimum absolute atomic E-state index is 0.146. The van der Waals surface area contributed by atoms with Crippen molar-refractivity contribution >= 4 is 33.1 Å². The first-order valence-electron chi connectivity index (χ1n) is 4.29. The Kier molecular flexibility index (Phi) is 3.53. The highest BCUT2D eigenvalue weighted by molar-refractivity contribution is 7.91. The smallest absolute Gasteiger partial charge is 0.337 e. The Labute approximate surface area is 103 Å². The van der Waals surface area contributed by atoms with Gasteiger partial charge >= 0.3 is 5.97 Å². The molecular formula is C9H10ClNO5S. The van der Waals surface area contributed by atoms with Crippen molar-refractivity contribution < 1.29 is 23.1 Å². The number of ether oxygens (including phenoxy) is 1. The highest BCUT2D eigenvalue weighted by Crippen LogP contribution is 2.37. The summed E-state index contributed by atoms with van der Waals surface area (Å²) in [4.78, 5) is 10.5. The number of carbonyl (C=O) groups is 1. The van der Waals surface area contributed by atoms with Crippen molar-refractivity contribution in [1.29, 1.82) is 0 Å². The molecule has 0 heterocycles. The summed E-state index contributed by atoms with van der Waals surface area (Å²) in [5.41, 5.74) is 4.89. The third-order valence-electron chi connectivity index (χ3n) is 2.04. The van der Waals surface area contributed by atoms with E-state index in [9.17, 15) is 13.2 Å². The lowest BCUT2D eigenvalue weighted by Gasteiger charge is -2.12. The second-order valence-electron chi connectivity index (χ2n) is 3.26. The molecule has 6 nitrogen and oxygen atoms in total. The molecule has 94 valence electrons. The molecule has 8 heteroatoms. The van der Waals surface area contributed by atoms with Crippen LogP contribution in [0.4, 0.5) is 5.69 Å². The molecule has 0 atom stereocenters. The van der Waals surface area contributed by atoms with Crippen molar-refractivity contribution in [3.63, 3.8) is 0 Å². The number of benzene rings is 1. The van der Waals surface area contributed by atoms with E-state index in [0.717, 1.165) is 12.3 Å². The maximum atomic E-state index is 11.5. The number of aromatic carboxylic acids is 1. The first-order valence-corrected chi connectivity index (χ1v) is 6.56. The molecule has 0 saturated heterocycles. The normalized spacial score (nSPS) is 11.2. The van der Waals surface area contributed by atoms with E-state index in [1.165, 1.54) is 7.11 Å². The maximum Gasteiger partial charge on any atom is 0.337 e. The fraction of sp³-hybridized carbons (Fsp3) is 0.222. The Bertz CT molecular complexity index is 582. The Balaban J connectivity index is 3.77. The van der Waals surface area contributed by atoms with E-state index in [1.54, 1.807) is 0 Å². The number of hydrogen-bond donors (Lipinski definition) is 2. The second kappa shape index (κ2) is 4.42. The van der Waals surface area contributed by atoms with E-state index in [0.29, 0.717) is 0 Å². The van der Waals surface area contributed by atoms with E-state index in [-0.39, 0.29) is 26.9 Å². The van der Waals surface area contributed by atoms with Gasteiger partial charge in [0.1, 0.15) is 10.6 Å². The number of halogens is 1. The van der Waals surface area contributed by atoms with Gasteiger partial charge in [-0.05, 0) is 6.07 Å². The lowest BCUT2D eigenvalue weighted by Crippen LogP contribution is -2.09. The van der Waals surface area contributed by atoms with Crippen LogP contribution in [-0.2, 0) is 9.84 Å². The zero-order valence-electron chi connectivity index (χ0n) is 9.02. The summed E-state index contributed by atoms with van der Waals surface area (Å²) in [7, 11) is -2.46. The standard InChI is InChI=1S/C9H10ClNO5S/c1-16-5-3-4(9(12)13)6(10)7(11)8(5)17(2,14)15/h3H,11H2,1-2H3,(H,12,13). The molecule has 1 aromatic rings. The molecule has 0 aromatic heterocycles. The minimum Gasteiger partial charge on any atom is -0.495 e. The topological polar surface area (TPSA) is 107 Å². The van der Waals surface area contributed by atoms with Crippen molar-refractivity contribution in [2.75, 3.05) is 19.1 Å². The third kappa shape index (κ3) is 2.45. The van der Waals surface area contributed by atoms with Crippen LogP contribution in [0, 0.1) is 0 Å². The molecule has 1 aromatic carbocycles. The predicted octanol–water partition coefficient (Wildman–Crippen LogP) is 1.03. The van der Waals surface area contributed by atoms with Crippen LogP contribution >= 0.6 is 11.6 Å². The highest BCUT2D eigenvalue weighted by Gasteiger charge is 2.25. The molecular weight excluding hydrogens is 270 g/mol. The first kappa shape index (κ1) is 13.6. The molecule has 0 aliphatic heterocycles. The van der Waals surface area contributed by atoms with Crippen LogP contribution in [-0.4, -0.2) is 32.9 Å². The van der Waals surface area contributed by atoms with Crippen molar-refractivity contribution in [2.24, 2.45) is 0 Å². The quantitative estimate of drug-likeness (QED) is 0.800. The van der Waals surface area contributed by atoms with Crippen LogP contribution in [0.3, 0.4) is 0 Å². The van der Waals surface area contributed by atoms with Crippen molar-refractivity contribution in [3.8, 4) is 5.75 Å². The van der Waals surface area contributed by atoms with Crippen LogP contribution < -0.4 is 10.5 Å². The fourth-order valence-corrected chi connectivity index (χ4v) is 2.62. The summed E-state index contributed by atoms with van der Waals surface area (Å²) in [6, 6.07) is 1.03. The molecule has 17 heavy (non-hydrogen) atoms. The number of anilines is 1. The van der Waals surface area contributed by atoms with Gasteiger partial charge in [-0.2, -0.15) is 0 Å². The molecule has 0 aliphatic carbocycles. The number of nitrogens with two attached hydrogens (primary N) is 1. The van der Waals surface area contributed by atoms with E-state index in [1.807, 2.05) is 0 Å². The Morgan fingerprint density at radius 3 is 2.41 bits per heavy atom. The van der Waals surface area contributed by atoms with Crippen molar-refractivity contribution in [2.45, 2.75) is 4.90 Å². The average Bonchev–Trinajstić information content (AvgIpc) is 2.19. The minimum atomic E-state index is -3.67. The summed E-state index contributed by atoms with van der Waals surface area (Å²) in [5, 5.41) is 8.54. The third-order valence-corrected chi connectivity index (χ3v) is 3.61. The lowest BCUT2D eigenvalue weighted by atomic mass is 10.2. The summed E-state index contributed by atoms with van der Waals surface area (Å²) in [6.45, 7) is 0. The summed E-state index contributed by atoms with van der Waals surface area (Å²) in [6.07, 6.45) is 0.929. The van der Waals surface area contributed by atoms with Gasteiger partial charge in [-0.25, -0.2) is 13.2 Å². The van der Waals surface area contributed by atoms with Gasteiger partial charge in [0.05, 0.1) is 23.4 Å². The summed E-state index contributed by atoms with van der Waals surface area (Å²) in [5.74, 6) is -1.47. The van der Waals surface area contributed by atoms with Gasteiger partial charge < -0.3 is 15.6 Å². The summed E-state index contributed by atoms with van der Waals surface area (Å²) >= 11 is 5.70. The Hall–Kier alpha value is -1.47.